The van der Waals surface area contributed by atoms with Crippen LogP contribution in [-0.2, 0) is 6.42 Å². The number of para-hydroxylation sites is 1. The lowest BCUT2D eigenvalue weighted by molar-refractivity contribution is 0.0697. The molecule has 7 heteroatoms. The third-order valence-electron chi connectivity index (χ3n) is 6.29. The lowest BCUT2D eigenvalue weighted by Gasteiger charge is -2.07. The van der Waals surface area contributed by atoms with E-state index in [1.165, 1.54) is 17.7 Å². The van der Waals surface area contributed by atoms with E-state index in [2.05, 4.69) is 46.4 Å². The van der Waals surface area contributed by atoms with Gasteiger partial charge in [0.05, 0.1) is 11.1 Å². The number of fused-ring (bicyclic) bond motifs is 1. The van der Waals surface area contributed by atoms with Gasteiger partial charge in [-0.1, -0.05) is 67.9 Å². The van der Waals surface area contributed by atoms with Gasteiger partial charge in [-0.2, -0.15) is 0 Å². The fourth-order valence-electron chi connectivity index (χ4n) is 4.34. The summed E-state index contributed by atoms with van der Waals surface area (Å²) in [5.41, 5.74) is 5.90. The summed E-state index contributed by atoms with van der Waals surface area (Å²) < 4.78 is 0. The van der Waals surface area contributed by atoms with Gasteiger partial charge < -0.3 is 20.3 Å². The van der Waals surface area contributed by atoms with E-state index in [1.54, 1.807) is 30.3 Å². The van der Waals surface area contributed by atoms with Gasteiger partial charge in [-0.25, -0.2) is 4.79 Å². The smallest absolute Gasteiger partial charge is 0.335 e. The van der Waals surface area contributed by atoms with Crippen LogP contribution < -0.4 is 0 Å². The first-order valence-electron chi connectivity index (χ1n) is 12.0. The molecule has 0 fully saturated rings. The van der Waals surface area contributed by atoms with E-state index >= 15 is 0 Å². The van der Waals surface area contributed by atoms with Crippen molar-refractivity contribution in [2.45, 2.75) is 19.8 Å². The molecule has 0 spiro atoms. The minimum atomic E-state index is -1.02. The lowest BCUT2D eigenvalue weighted by atomic mass is 10.0. The van der Waals surface area contributed by atoms with Gasteiger partial charge in [-0.05, 0) is 59.0 Å². The summed E-state index contributed by atoms with van der Waals surface area (Å²) in [4.78, 5) is 14.1. The van der Waals surface area contributed by atoms with Gasteiger partial charge in [0.15, 0.2) is 11.4 Å². The van der Waals surface area contributed by atoms with Gasteiger partial charge in [0.25, 0.3) is 0 Å². The molecular weight excluding hydrogens is 466 g/mol. The first-order chi connectivity index (χ1) is 17.9. The van der Waals surface area contributed by atoms with E-state index in [1.807, 2.05) is 18.2 Å². The summed E-state index contributed by atoms with van der Waals surface area (Å²) in [7, 11) is 0. The highest BCUT2D eigenvalue weighted by molar-refractivity contribution is 5.96. The van der Waals surface area contributed by atoms with E-state index in [0.717, 1.165) is 29.5 Å². The van der Waals surface area contributed by atoms with Crippen LogP contribution in [0.1, 0.15) is 29.3 Å². The van der Waals surface area contributed by atoms with Crippen LogP contribution in [0.15, 0.2) is 95.2 Å². The molecule has 7 nitrogen and oxygen atoms in total. The Morgan fingerprint density at radius 2 is 1.54 bits per heavy atom. The molecule has 4 N–H and O–H groups in total. The Balaban J connectivity index is 1.44. The van der Waals surface area contributed by atoms with Crippen LogP contribution in [0.3, 0.4) is 0 Å². The number of hydrogen-bond donors (Lipinski definition) is 4. The zero-order valence-electron chi connectivity index (χ0n) is 20.1. The van der Waals surface area contributed by atoms with Crippen LogP contribution in [0.4, 0.5) is 11.4 Å². The number of carboxylic acids is 1. The zero-order valence-corrected chi connectivity index (χ0v) is 20.1. The predicted molar refractivity (Wildman–Crippen MR) is 144 cm³/mol. The fraction of sp³-hybridized carbons (Fsp3) is 0.100. The van der Waals surface area contributed by atoms with E-state index in [9.17, 15) is 15.0 Å². The van der Waals surface area contributed by atoms with Crippen molar-refractivity contribution in [3.8, 4) is 33.9 Å². The molecule has 0 radical (unpaired) electrons. The number of nitrogens with one attached hydrogen (secondary N) is 1. The number of benzene rings is 4. The van der Waals surface area contributed by atoms with Crippen LogP contribution in [0.2, 0.25) is 0 Å². The Labute approximate surface area is 213 Å². The number of phenolic OH excluding ortho intramolecular Hbond substituents is 1. The first kappa shape index (κ1) is 23.8. The second-order valence-electron chi connectivity index (χ2n) is 8.79. The molecular formula is C30H25N3O4. The van der Waals surface area contributed by atoms with Gasteiger partial charge in [-0.15, -0.1) is 10.2 Å². The Morgan fingerprint density at radius 3 is 2.24 bits per heavy atom. The number of aromatic hydroxyl groups is 2. The van der Waals surface area contributed by atoms with Gasteiger partial charge in [0.1, 0.15) is 5.69 Å². The SMILES string of the molecule is CCCc1ccc(-c2ccc3c(N=Nc4cccc(-c5ccc(C(=O)O)cc5)c4O)c(O)[nH]c3c2)cc1. The van der Waals surface area contributed by atoms with Crippen molar-refractivity contribution in [3.05, 3.63) is 96.1 Å². The van der Waals surface area contributed by atoms with Crippen molar-refractivity contribution in [2.24, 2.45) is 10.2 Å². The van der Waals surface area contributed by atoms with Crippen LogP contribution in [0.5, 0.6) is 11.6 Å². The maximum absolute atomic E-state index is 11.1. The van der Waals surface area contributed by atoms with E-state index in [0.29, 0.717) is 16.5 Å². The number of H-pyrrole nitrogens is 1. The fourth-order valence-corrected chi connectivity index (χ4v) is 4.34. The van der Waals surface area contributed by atoms with Gasteiger partial charge in [0, 0.05) is 10.9 Å². The number of rotatable bonds is 7. The summed E-state index contributed by atoms with van der Waals surface area (Å²) in [5, 5.41) is 39.6. The number of aromatic amines is 1. The molecule has 0 saturated heterocycles. The molecule has 0 unspecified atom stereocenters. The van der Waals surface area contributed by atoms with Crippen LogP contribution in [-0.4, -0.2) is 26.3 Å². The van der Waals surface area contributed by atoms with Crippen molar-refractivity contribution in [3.63, 3.8) is 0 Å². The number of carbonyl (C=O) groups is 1. The largest absolute Gasteiger partial charge is 0.505 e. The Hall–Kier alpha value is -4.91. The van der Waals surface area contributed by atoms with E-state index < -0.39 is 5.97 Å². The number of azo groups is 1. The Morgan fingerprint density at radius 1 is 0.838 bits per heavy atom. The molecule has 184 valence electrons. The molecule has 0 aliphatic carbocycles. The Bertz CT molecular complexity index is 1620. The maximum Gasteiger partial charge on any atom is 0.335 e. The number of hydrogen-bond acceptors (Lipinski definition) is 5. The highest BCUT2D eigenvalue weighted by Gasteiger charge is 2.14. The highest BCUT2D eigenvalue weighted by atomic mass is 16.4. The van der Waals surface area contributed by atoms with Crippen molar-refractivity contribution in [1.82, 2.24) is 4.98 Å². The molecule has 0 bridgehead atoms. The van der Waals surface area contributed by atoms with Crippen molar-refractivity contribution in [2.75, 3.05) is 0 Å². The van der Waals surface area contributed by atoms with Gasteiger partial charge in [0.2, 0.25) is 5.88 Å². The van der Waals surface area contributed by atoms with Gasteiger partial charge in [-0.3, -0.25) is 0 Å². The molecule has 0 aliphatic heterocycles. The highest BCUT2D eigenvalue weighted by Crippen LogP contribution is 2.41. The average Bonchev–Trinajstić information content (AvgIpc) is 3.22. The zero-order chi connectivity index (χ0) is 25.9. The summed E-state index contributed by atoms with van der Waals surface area (Å²) in [6, 6.07) is 25.5. The molecule has 1 aromatic heterocycles. The summed E-state index contributed by atoms with van der Waals surface area (Å²) >= 11 is 0. The number of nitrogens with zero attached hydrogens (tertiary/aromatic N) is 2. The van der Waals surface area contributed by atoms with Crippen molar-refractivity contribution in [1.29, 1.82) is 0 Å². The molecule has 1 heterocycles. The molecule has 4 aromatic carbocycles. The van der Waals surface area contributed by atoms with E-state index in [4.69, 9.17) is 5.11 Å². The maximum atomic E-state index is 11.1. The van der Waals surface area contributed by atoms with Crippen LogP contribution >= 0.6 is 0 Å². The summed E-state index contributed by atoms with van der Waals surface area (Å²) in [6.45, 7) is 2.16. The topological polar surface area (TPSA) is 118 Å². The third kappa shape index (κ3) is 4.79. The minimum Gasteiger partial charge on any atom is -0.505 e. The molecule has 0 atom stereocenters. The quantitative estimate of drug-likeness (QED) is 0.173. The number of aryl methyl sites for hydroxylation is 1. The normalized spacial score (nSPS) is 11.4. The average molecular weight is 492 g/mol. The lowest BCUT2D eigenvalue weighted by Crippen LogP contribution is -1.94. The number of aromatic carboxylic acids is 1. The predicted octanol–water partition coefficient (Wildman–Crippen LogP) is 7.98. The number of phenols is 1. The monoisotopic (exact) mass is 491 g/mol. The second-order valence-corrected chi connectivity index (χ2v) is 8.79. The first-order valence-corrected chi connectivity index (χ1v) is 12.0. The summed E-state index contributed by atoms with van der Waals surface area (Å²) in [5.74, 6) is -1.23. The molecule has 0 aliphatic rings. The van der Waals surface area contributed by atoms with Crippen molar-refractivity contribution >= 4 is 28.2 Å². The van der Waals surface area contributed by atoms with Crippen LogP contribution in [0, 0.1) is 0 Å². The summed E-state index contributed by atoms with van der Waals surface area (Å²) in [6.07, 6.45) is 2.15. The minimum absolute atomic E-state index is 0.0949. The standard InChI is InChI=1S/C30H25N3O4/c1-2-4-18-7-9-19(10-8-18)22-15-16-24-26(17-22)31-29(35)27(24)33-32-25-6-3-5-23(28(25)34)20-11-13-21(14-12-20)30(36)37/h3,5-17,31,34-35H,2,4H2,1H3,(H,36,37). The number of aromatic nitrogens is 1. The molecule has 5 aromatic rings. The molecule has 5 rings (SSSR count). The third-order valence-corrected chi connectivity index (χ3v) is 6.29. The van der Waals surface area contributed by atoms with Crippen molar-refractivity contribution < 1.29 is 20.1 Å². The van der Waals surface area contributed by atoms with Crippen LogP contribution in [0.25, 0.3) is 33.2 Å². The second kappa shape index (κ2) is 9.99. The molecule has 0 saturated carbocycles. The molecule has 0 amide bonds. The Kier molecular flexibility index (Phi) is 6.43. The van der Waals surface area contributed by atoms with Gasteiger partial charge >= 0.3 is 5.97 Å². The van der Waals surface area contributed by atoms with E-state index in [-0.39, 0.29) is 28.6 Å². The molecule has 37 heavy (non-hydrogen) atoms. The number of carboxylic acid groups (broad SMARTS) is 1.